The smallest absolute Gasteiger partial charge is 0.270 e. The third kappa shape index (κ3) is 4.74. The van der Waals surface area contributed by atoms with E-state index in [1.54, 1.807) is 31.5 Å². The van der Waals surface area contributed by atoms with Gasteiger partial charge < -0.3 is 14.6 Å². The third-order valence-electron chi connectivity index (χ3n) is 5.75. The number of pyridine rings is 1. The Kier molecular flexibility index (Phi) is 6.27. The minimum absolute atomic E-state index is 0.210. The van der Waals surface area contributed by atoms with E-state index in [0.29, 0.717) is 12.2 Å². The largest absolute Gasteiger partial charge is 0.496 e. The zero-order chi connectivity index (χ0) is 21.8. The molecular weight excluding hydrogens is 392 g/mol. The number of rotatable bonds is 6. The van der Waals surface area contributed by atoms with Gasteiger partial charge in [-0.1, -0.05) is 12.1 Å². The van der Waals surface area contributed by atoms with E-state index in [1.807, 2.05) is 0 Å². The van der Waals surface area contributed by atoms with Gasteiger partial charge in [-0.3, -0.25) is 14.7 Å². The van der Waals surface area contributed by atoms with Crippen molar-refractivity contribution >= 4 is 5.91 Å². The summed E-state index contributed by atoms with van der Waals surface area (Å²) < 4.78 is 7.57. The summed E-state index contributed by atoms with van der Waals surface area (Å²) in [4.78, 5) is 18.8. The van der Waals surface area contributed by atoms with Crippen LogP contribution in [-0.4, -0.2) is 50.8 Å². The molecule has 0 aliphatic carbocycles. The van der Waals surface area contributed by atoms with Gasteiger partial charge in [-0.2, -0.15) is 0 Å². The normalized spacial score (nSPS) is 14.0. The lowest BCUT2D eigenvalue weighted by Gasteiger charge is -2.21. The van der Waals surface area contributed by atoms with Crippen molar-refractivity contribution < 1.29 is 9.53 Å². The van der Waals surface area contributed by atoms with Crippen molar-refractivity contribution in [2.45, 2.75) is 39.9 Å². The SMILES string of the molecule is COc1cc(C)c(CN2CCc3nnc(CNC(=O)c4ccccn4)n3CC2)cc1C. The second kappa shape index (κ2) is 9.26. The number of aromatic nitrogens is 4. The van der Waals surface area contributed by atoms with E-state index in [2.05, 4.69) is 55.9 Å². The Labute approximate surface area is 182 Å². The van der Waals surface area contributed by atoms with Crippen molar-refractivity contribution in [2.75, 3.05) is 20.2 Å². The molecule has 0 saturated carbocycles. The molecule has 3 aromatic rings. The van der Waals surface area contributed by atoms with Crippen LogP contribution in [0.3, 0.4) is 0 Å². The number of nitrogens with one attached hydrogen (secondary N) is 1. The highest BCUT2D eigenvalue weighted by molar-refractivity contribution is 5.92. The molecule has 1 N–H and O–H groups in total. The quantitative estimate of drug-likeness (QED) is 0.659. The first kappa shape index (κ1) is 21.0. The van der Waals surface area contributed by atoms with Gasteiger partial charge in [0.2, 0.25) is 0 Å². The lowest BCUT2D eigenvalue weighted by atomic mass is 10.0. The number of ether oxygens (including phenoxy) is 1. The molecule has 2 aromatic heterocycles. The summed E-state index contributed by atoms with van der Waals surface area (Å²) in [5, 5.41) is 11.6. The predicted molar refractivity (Wildman–Crippen MR) is 117 cm³/mol. The molecule has 8 heteroatoms. The number of nitrogens with zero attached hydrogens (tertiary/aromatic N) is 5. The van der Waals surface area contributed by atoms with E-state index in [-0.39, 0.29) is 5.91 Å². The standard InChI is InChI=1S/C23H28N6O2/c1-16-13-20(31-3)17(2)12-18(16)15-28-9-7-21-26-27-22(29(21)11-10-28)14-25-23(30)19-6-4-5-8-24-19/h4-6,8,12-13H,7,9-11,14-15H2,1-3H3,(H,25,30). The number of methoxy groups -OCH3 is 1. The molecule has 1 aliphatic heterocycles. The first-order valence-corrected chi connectivity index (χ1v) is 10.5. The minimum Gasteiger partial charge on any atom is -0.496 e. The van der Waals surface area contributed by atoms with Crippen LogP contribution in [0, 0.1) is 13.8 Å². The average molecular weight is 421 g/mol. The van der Waals surface area contributed by atoms with Gasteiger partial charge in [-0.05, 0) is 48.7 Å². The number of amides is 1. The maximum Gasteiger partial charge on any atom is 0.270 e. The van der Waals surface area contributed by atoms with Gasteiger partial charge in [0.05, 0.1) is 13.7 Å². The van der Waals surface area contributed by atoms with E-state index < -0.39 is 0 Å². The van der Waals surface area contributed by atoms with E-state index in [1.165, 1.54) is 11.1 Å². The number of aryl methyl sites for hydroxylation is 2. The summed E-state index contributed by atoms with van der Waals surface area (Å²) in [5.41, 5.74) is 4.11. The van der Waals surface area contributed by atoms with Gasteiger partial charge in [0.25, 0.3) is 5.91 Å². The molecule has 0 atom stereocenters. The van der Waals surface area contributed by atoms with Crippen molar-refractivity contribution in [1.82, 2.24) is 30.0 Å². The summed E-state index contributed by atoms with van der Waals surface area (Å²) >= 11 is 0. The molecule has 1 aliphatic rings. The van der Waals surface area contributed by atoms with Gasteiger partial charge in [-0.15, -0.1) is 10.2 Å². The van der Waals surface area contributed by atoms with Crippen LogP contribution < -0.4 is 10.1 Å². The predicted octanol–water partition coefficient (Wildman–Crippen LogP) is 2.29. The summed E-state index contributed by atoms with van der Waals surface area (Å²) in [5.74, 6) is 2.46. The topological polar surface area (TPSA) is 85.2 Å². The molecule has 0 spiro atoms. The third-order valence-corrected chi connectivity index (χ3v) is 5.75. The fourth-order valence-electron chi connectivity index (χ4n) is 3.94. The Hall–Kier alpha value is -3.26. The molecule has 1 aromatic carbocycles. The molecule has 0 radical (unpaired) electrons. The second-order valence-corrected chi connectivity index (χ2v) is 7.86. The number of hydrogen-bond acceptors (Lipinski definition) is 6. The maximum atomic E-state index is 12.3. The summed E-state index contributed by atoms with van der Waals surface area (Å²) in [6, 6.07) is 9.61. The molecule has 31 heavy (non-hydrogen) atoms. The van der Waals surface area contributed by atoms with Crippen LogP contribution >= 0.6 is 0 Å². The van der Waals surface area contributed by atoms with E-state index in [4.69, 9.17) is 4.74 Å². The number of benzene rings is 1. The van der Waals surface area contributed by atoms with Crippen LogP contribution in [0.4, 0.5) is 0 Å². The van der Waals surface area contributed by atoms with Crippen LogP contribution in [0.25, 0.3) is 0 Å². The van der Waals surface area contributed by atoms with Crippen molar-refractivity contribution in [3.63, 3.8) is 0 Å². The molecule has 8 nitrogen and oxygen atoms in total. The van der Waals surface area contributed by atoms with E-state index in [9.17, 15) is 4.79 Å². The summed E-state index contributed by atoms with van der Waals surface area (Å²) in [6.07, 6.45) is 2.44. The Morgan fingerprint density at radius 3 is 2.77 bits per heavy atom. The van der Waals surface area contributed by atoms with Gasteiger partial charge in [-0.25, -0.2) is 0 Å². The van der Waals surface area contributed by atoms with Crippen LogP contribution in [0.1, 0.15) is 38.8 Å². The first-order valence-electron chi connectivity index (χ1n) is 10.5. The Balaban J connectivity index is 1.39. The Morgan fingerprint density at radius 1 is 1.13 bits per heavy atom. The Morgan fingerprint density at radius 2 is 2.00 bits per heavy atom. The maximum absolute atomic E-state index is 12.3. The van der Waals surface area contributed by atoms with Crippen LogP contribution in [0.5, 0.6) is 5.75 Å². The molecule has 0 bridgehead atoms. The van der Waals surface area contributed by atoms with E-state index >= 15 is 0 Å². The molecule has 0 unspecified atom stereocenters. The molecule has 4 rings (SSSR count). The van der Waals surface area contributed by atoms with Crippen molar-refractivity contribution in [3.8, 4) is 5.75 Å². The number of carbonyl (C=O) groups excluding carboxylic acids is 1. The molecule has 0 fully saturated rings. The van der Waals surface area contributed by atoms with Crippen molar-refractivity contribution in [3.05, 3.63) is 70.6 Å². The summed E-state index contributed by atoms with van der Waals surface area (Å²) in [6.45, 7) is 8.05. The number of hydrogen-bond donors (Lipinski definition) is 1. The highest BCUT2D eigenvalue weighted by Gasteiger charge is 2.20. The first-order chi connectivity index (χ1) is 15.0. The fourth-order valence-corrected chi connectivity index (χ4v) is 3.94. The van der Waals surface area contributed by atoms with Gasteiger partial charge >= 0.3 is 0 Å². The van der Waals surface area contributed by atoms with Gasteiger partial charge in [0, 0.05) is 38.8 Å². The number of fused-ring (bicyclic) bond motifs is 1. The van der Waals surface area contributed by atoms with Crippen molar-refractivity contribution in [1.29, 1.82) is 0 Å². The van der Waals surface area contributed by atoms with Gasteiger partial charge in [0.15, 0.2) is 5.82 Å². The van der Waals surface area contributed by atoms with Crippen LogP contribution in [0.2, 0.25) is 0 Å². The highest BCUT2D eigenvalue weighted by Crippen LogP contribution is 2.24. The summed E-state index contributed by atoms with van der Waals surface area (Å²) in [7, 11) is 1.71. The molecule has 3 heterocycles. The molecule has 162 valence electrons. The lowest BCUT2D eigenvalue weighted by molar-refractivity contribution is 0.0944. The fraction of sp³-hybridized carbons (Fsp3) is 0.391. The zero-order valence-corrected chi connectivity index (χ0v) is 18.3. The van der Waals surface area contributed by atoms with Crippen molar-refractivity contribution in [2.24, 2.45) is 0 Å². The number of carbonyl (C=O) groups is 1. The minimum atomic E-state index is -0.210. The zero-order valence-electron chi connectivity index (χ0n) is 18.3. The monoisotopic (exact) mass is 420 g/mol. The Bertz CT molecular complexity index is 1060. The average Bonchev–Trinajstić information content (AvgIpc) is 3.06. The van der Waals surface area contributed by atoms with Crippen LogP contribution in [-0.2, 0) is 26.1 Å². The van der Waals surface area contributed by atoms with Crippen LogP contribution in [0.15, 0.2) is 36.5 Å². The van der Waals surface area contributed by atoms with E-state index in [0.717, 1.165) is 55.6 Å². The van der Waals surface area contributed by atoms with Gasteiger partial charge in [0.1, 0.15) is 17.3 Å². The lowest BCUT2D eigenvalue weighted by Crippen LogP contribution is -2.28. The molecular formula is C23H28N6O2. The highest BCUT2D eigenvalue weighted by atomic mass is 16.5. The molecule has 0 saturated heterocycles. The molecule has 1 amide bonds. The second-order valence-electron chi connectivity index (χ2n) is 7.86.